The maximum Gasteiger partial charge on any atom is 0.270 e. The van der Waals surface area contributed by atoms with E-state index in [1.54, 1.807) is 19.1 Å². The Balaban J connectivity index is 1.76. The molecule has 8 nitrogen and oxygen atoms in total. The summed E-state index contributed by atoms with van der Waals surface area (Å²) in [5.74, 6) is -0.594. The quantitative estimate of drug-likeness (QED) is 0.368. The molecule has 0 saturated heterocycles. The number of carbonyl (C=O) groups excluding carboxylic acids is 1. The van der Waals surface area contributed by atoms with Crippen LogP contribution in [0.5, 0.6) is 0 Å². The molecule has 3 rings (SSSR count). The summed E-state index contributed by atoms with van der Waals surface area (Å²) < 4.78 is 27.8. The van der Waals surface area contributed by atoms with Crippen molar-refractivity contribution in [2.75, 3.05) is 10.0 Å². The van der Waals surface area contributed by atoms with E-state index in [1.807, 2.05) is 0 Å². The van der Waals surface area contributed by atoms with Gasteiger partial charge in [0.25, 0.3) is 21.6 Å². The number of halogens is 2. The number of amides is 1. The number of carbonyl (C=O) groups is 1. The first-order chi connectivity index (χ1) is 14.6. The van der Waals surface area contributed by atoms with Gasteiger partial charge in [-0.1, -0.05) is 29.3 Å². The molecule has 31 heavy (non-hydrogen) atoms. The topological polar surface area (TPSA) is 118 Å². The van der Waals surface area contributed by atoms with Gasteiger partial charge in [0.15, 0.2) is 0 Å². The highest BCUT2D eigenvalue weighted by Gasteiger charge is 2.17. The van der Waals surface area contributed by atoms with Gasteiger partial charge in [0, 0.05) is 22.8 Å². The number of benzene rings is 3. The molecule has 2 N–H and O–H groups in total. The number of aryl methyl sites for hydroxylation is 1. The minimum Gasteiger partial charge on any atom is -0.322 e. The highest BCUT2D eigenvalue weighted by Crippen LogP contribution is 2.25. The predicted molar refractivity (Wildman–Crippen MR) is 119 cm³/mol. The van der Waals surface area contributed by atoms with E-state index in [4.69, 9.17) is 23.2 Å². The van der Waals surface area contributed by atoms with Crippen LogP contribution in [0.2, 0.25) is 10.0 Å². The number of non-ortho nitro benzene ring substituents is 1. The zero-order chi connectivity index (χ0) is 22.8. The van der Waals surface area contributed by atoms with Gasteiger partial charge in [-0.05, 0) is 55.0 Å². The Hall–Kier alpha value is -3.14. The summed E-state index contributed by atoms with van der Waals surface area (Å²) >= 11 is 11.9. The minimum absolute atomic E-state index is 0.0155. The molecule has 0 fully saturated rings. The van der Waals surface area contributed by atoms with Crippen molar-refractivity contribution in [2.45, 2.75) is 11.8 Å². The molecule has 0 saturated carbocycles. The number of hydrogen-bond donors (Lipinski definition) is 2. The lowest BCUT2D eigenvalue weighted by Crippen LogP contribution is -2.15. The molecular formula is C20H15Cl2N3O5S. The van der Waals surface area contributed by atoms with Gasteiger partial charge in [-0.25, -0.2) is 8.42 Å². The Morgan fingerprint density at radius 1 is 1.00 bits per heavy atom. The Kier molecular flexibility index (Phi) is 6.49. The van der Waals surface area contributed by atoms with E-state index in [9.17, 15) is 23.3 Å². The molecule has 1 amide bonds. The lowest BCUT2D eigenvalue weighted by molar-refractivity contribution is -0.384. The van der Waals surface area contributed by atoms with Gasteiger partial charge in [0.2, 0.25) is 0 Å². The number of sulfonamides is 1. The fourth-order valence-electron chi connectivity index (χ4n) is 2.63. The fraction of sp³-hybridized carbons (Fsp3) is 0.0500. The largest absolute Gasteiger partial charge is 0.322 e. The van der Waals surface area contributed by atoms with Gasteiger partial charge in [-0.3, -0.25) is 19.6 Å². The lowest BCUT2D eigenvalue weighted by atomic mass is 10.2. The molecule has 0 atom stereocenters. The molecule has 3 aromatic rings. The summed E-state index contributed by atoms with van der Waals surface area (Å²) in [6, 6.07) is 13.8. The number of nitrogens with zero attached hydrogens (tertiary/aromatic N) is 1. The van der Waals surface area contributed by atoms with E-state index in [-0.39, 0.29) is 21.2 Å². The van der Waals surface area contributed by atoms with E-state index < -0.39 is 20.9 Å². The maximum absolute atomic E-state index is 12.6. The van der Waals surface area contributed by atoms with Gasteiger partial charge >= 0.3 is 0 Å². The third kappa shape index (κ3) is 5.32. The first kappa shape index (κ1) is 22.5. The second kappa shape index (κ2) is 8.93. The highest BCUT2D eigenvalue weighted by molar-refractivity contribution is 7.92. The zero-order valence-corrected chi connectivity index (χ0v) is 18.3. The second-order valence-corrected chi connectivity index (χ2v) is 8.99. The number of anilines is 2. The number of rotatable bonds is 6. The molecule has 11 heteroatoms. The summed E-state index contributed by atoms with van der Waals surface area (Å²) in [6.45, 7) is 1.75. The lowest BCUT2D eigenvalue weighted by Gasteiger charge is -2.12. The average Bonchev–Trinajstić information content (AvgIpc) is 2.70. The zero-order valence-electron chi connectivity index (χ0n) is 15.9. The van der Waals surface area contributed by atoms with Crippen molar-refractivity contribution >= 4 is 56.2 Å². The molecule has 3 aromatic carbocycles. The second-order valence-electron chi connectivity index (χ2n) is 6.46. The van der Waals surface area contributed by atoms with Crippen molar-refractivity contribution in [3.63, 3.8) is 0 Å². The minimum atomic E-state index is -3.88. The van der Waals surface area contributed by atoms with Crippen molar-refractivity contribution < 1.29 is 18.1 Å². The van der Waals surface area contributed by atoms with Gasteiger partial charge in [-0.2, -0.15) is 0 Å². The van der Waals surface area contributed by atoms with Gasteiger partial charge in [-0.15, -0.1) is 0 Å². The van der Waals surface area contributed by atoms with Crippen molar-refractivity contribution in [3.05, 3.63) is 92.0 Å². The van der Waals surface area contributed by atoms with Crippen molar-refractivity contribution in [1.82, 2.24) is 0 Å². The fourth-order valence-corrected chi connectivity index (χ4v) is 4.18. The standard InChI is InChI=1S/C20H15Cl2N3O5S/c1-12-2-3-13(21)10-19(12)24-31(29,30)16-7-4-14(5-8-16)23-20(26)17-9-6-15(25(27)28)11-18(17)22/h2-11,24H,1H3,(H,23,26). The van der Waals surface area contributed by atoms with E-state index in [1.165, 1.54) is 42.5 Å². The molecule has 0 aliphatic heterocycles. The molecule has 0 spiro atoms. The third-order valence-corrected chi connectivity index (χ3v) is 6.20. The molecule has 0 aliphatic carbocycles. The maximum atomic E-state index is 12.6. The normalized spacial score (nSPS) is 11.1. The Morgan fingerprint density at radius 2 is 1.68 bits per heavy atom. The van der Waals surface area contributed by atoms with E-state index in [2.05, 4.69) is 10.0 Å². The average molecular weight is 480 g/mol. The van der Waals surface area contributed by atoms with Crippen LogP contribution in [0.15, 0.2) is 65.6 Å². The predicted octanol–water partition coefficient (Wildman–Crippen LogP) is 5.26. The summed E-state index contributed by atoms with van der Waals surface area (Å²) in [6.07, 6.45) is 0. The third-order valence-electron chi connectivity index (χ3n) is 4.27. The van der Waals surface area contributed by atoms with Crippen LogP contribution in [0.25, 0.3) is 0 Å². The number of nitrogens with one attached hydrogen (secondary N) is 2. The Bertz CT molecular complexity index is 1280. The molecule has 0 radical (unpaired) electrons. The summed E-state index contributed by atoms with van der Waals surface area (Å²) in [7, 11) is -3.88. The number of nitro benzene ring substituents is 1. The molecule has 0 bridgehead atoms. The van der Waals surface area contributed by atoms with Crippen molar-refractivity contribution in [2.24, 2.45) is 0 Å². The summed E-state index contributed by atoms with van der Waals surface area (Å²) in [4.78, 5) is 22.5. The summed E-state index contributed by atoms with van der Waals surface area (Å²) in [5.41, 5.74) is 1.19. The van der Waals surface area contributed by atoms with Crippen LogP contribution >= 0.6 is 23.2 Å². The smallest absolute Gasteiger partial charge is 0.270 e. The van der Waals surface area contributed by atoms with Crippen LogP contribution in [0.1, 0.15) is 15.9 Å². The van der Waals surface area contributed by atoms with Gasteiger partial charge in [0.05, 0.1) is 26.1 Å². The van der Waals surface area contributed by atoms with Crippen molar-refractivity contribution in [3.8, 4) is 0 Å². The highest BCUT2D eigenvalue weighted by atomic mass is 35.5. The number of hydrogen-bond acceptors (Lipinski definition) is 5. The monoisotopic (exact) mass is 479 g/mol. The molecule has 0 heterocycles. The Labute approximate surface area is 188 Å². The Morgan fingerprint density at radius 3 is 2.29 bits per heavy atom. The van der Waals surface area contributed by atoms with Crippen LogP contribution in [0.3, 0.4) is 0 Å². The van der Waals surface area contributed by atoms with Gasteiger partial charge in [0.1, 0.15) is 0 Å². The van der Waals surface area contributed by atoms with Crippen LogP contribution in [0, 0.1) is 17.0 Å². The molecule has 0 aromatic heterocycles. The van der Waals surface area contributed by atoms with Crippen LogP contribution < -0.4 is 10.0 Å². The molecule has 0 unspecified atom stereocenters. The van der Waals surface area contributed by atoms with Crippen molar-refractivity contribution in [1.29, 1.82) is 0 Å². The van der Waals surface area contributed by atoms with E-state index in [0.29, 0.717) is 22.0 Å². The first-order valence-corrected chi connectivity index (χ1v) is 10.9. The first-order valence-electron chi connectivity index (χ1n) is 8.71. The SMILES string of the molecule is Cc1ccc(Cl)cc1NS(=O)(=O)c1ccc(NC(=O)c2ccc([N+](=O)[O-])cc2Cl)cc1. The molecule has 160 valence electrons. The molecular weight excluding hydrogens is 465 g/mol. The van der Waals surface area contributed by atoms with E-state index >= 15 is 0 Å². The molecule has 0 aliphatic rings. The van der Waals surface area contributed by atoms with Crippen LogP contribution in [0.4, 0.5) is 17.1 Å². The van der Waals surface area contributed by atoms with Gasteiger partial charge < -0.3 is 5.32 Å². The van der Waals surface area contributed by atoms with Crippen LogP contribution in [-0.4, -0.2) is 19.2 Å². The van der Waals surface area contributed by atoms with E-state index in [0.717, 1.165) is 6.07 Å². The summed E-state index contributed by atoms with van der Waals surface area (Å²) in [5, 5.41) is 13.7. The van der Waals surface area contributed by atoms with Crippen LogP contribution in [-0.2, 0) is 10.0 Å². The number of nitro groups is 1.